The smallest absolute Gasteiger partial charge is 0.266 e. The van der Waals surface area contributed by atoms with Crippen molar-refractivity contribution in [3.05, 3.63) is 53.0 Å². The molecule has 1 N–H and O–H groups in total. The lowest BCUT2D eigenvalue weighted by Gasteiger charge is -2.06. The van der Waals surface area contributed by atoms with Crippen molar-refractivity contribution in [3.8, 4) is 11.5 Å². The van der Waals surface area contributed by atoms with Gasteiger partial charge in [0.1, 0.15) is 5.69 Å². The summed E-state index contributed by atoms with van der Waals surface area (Å²) < 4.78 is 6.53. The monoisotopic (exact) mass is 273 g/mol. The largest absolute Gasteiger partial charge is 0.463 e. The van der Waals surface area contributed by atoms with E-state index in [1.165, 1.54) is 16.8 Å². The Hall–Kier alpha value is -2.63. The molecule has 2 heterocycles. The van der Waals surface area contributed by atoms with Crippen molar-refractivity contribution in [2.24, 2.45) is 0 Å². The molecule has 0 radical (unpaired) electrons. The third-order valence-corrected chi connectivity index (χ3v) is 2.58. The van der Waals surface area contributed by atoms with E-state index in [1.54, 1.807) is 37.5 Å². The standard InChI is InChI=1S/C14H15N3O3/c1-2-4-13(18)15-8-9-17-14(19)7-6-11(16-17)12-5-3-10-20-12/h2-7,10H,8-9H2,1H3,(H,15,18). The molecule has 0 saturated heterocycles. The Morgan fingerprint density at radius 2 is 2.30 bits per heavy atom. The maximum atomic E-state index is 11.7. The van der Waals surface area contributed by atoms with Crippen molar-refractivity contribution in [3.63, 3.8) is 0 Å². The number of carbonyl (C=O) groups is 1. The SMILES string of the molecule is CC=CC(=O)NCCn1nc(-c2ccco2)ccc1=O. The second-order valence-corrected chi connectivity index (χ2v) is 4.05. The molecule has 0 aromatic carbocycles. The number of hydrogen-bond donors (Lipinski definition) is 1. The first kappa shape index (κ1) is 13.8. The fourth-order valence-electron chi connectivity index (χ4n) is 1.66. The van der Waals surface area contributed by atoms with Crippen LogP contribution in [0.1, 0.15) is 6.92 Å². The highest BCUT2D eigenvalue weighted by atomic mass is 16.3. The third-order valence-electron chi connectivity index (χ3n) is 2.58. The lowest BCUT2D eigenvalue weighted by atomic mass is 10.3. The minimum atomic E-state index is -0.222. The van der Waals surface area contributed by atoms with Crippen LogP contribution in [0.5, 0.6) is 0 Å². The molecular weight excluding hydrogens is 258 g/mol. The van der Waals surface area contributed by atoms with Crippen LogP contribution in [0.15, 0.2) is 51.9 Å². The maximum absolute atomic E-state index is 11.7. The highest BCUT2D eigenvalue weighted by Gasteiger charge is 2.05. The molecule has 6 nitrogen and oxygen atoms in total. The molecule has 0 atom stereocenters. The number of furan rings is 1. The van der Waals surface area contributed by atoms with Crippen molar-refractivity contribution in [1.82, 2.24) is 15.1 Å². The van der Waals surface area contributed by atoms with Gasteiger partial charge in [-0.15, -0.1) is 0 Å². The summed E-state index contributed by atoms with van der Waals surface area (Å²) >= 11 is 0. The van der Waals surface area contributed by atoms with Crippen LogP contribution >= 0.6 is 0 Å². The van der Waals surface area contributed by atoms with Gasteiger partial charge in [-0.05, 0) is 31.2 Å². The minimum Gasteiger partial charge on any atom is -0.463 e. The van der Waals surface area contributed by atoms with Gasteiger partial charge < -0.3 is 9.73 Å². The molecule has 20 heavy (non-hydrogen) atoms. The topological polar surface area (TPSA) is 77.1 Å². The van der Waals surface area contributed by atoms with Gasteiger partial charge in [0.15, 0.2) is 5.76 Å². The fourth-order valence-corrected chi connectivity index (χ4v) is 1.66. The van der Waals surface area contributed by atoms with Crippen LogP contribution in [0.4, 0.5) is 0 Å². The number of allylic oxidation sites excluding steroid dienone is 1. The van der Waals surface area contributed by atoms with Crippen molar-refractivity contribution in [2.75, 3.05) is 6.54 Å². The average Bonchev–Trinajstić information content (AvgIpc) is 2.95. The Balaban J connectivity index is 2.06. The second-order valence-electron chi connectivity index (χ2n) is 4.05. The molecule has 0 aliphatic carbocycles. The van der Waals surface area contributed by atoms with Crippen LogP contribution in [0.3, 0.4) is 0 Å². The zero-order chi connectivity index (χ0) is 14.4. The van der Waals surface area contributed by atoms with Gasteiger partial charge in [-0.2, -0.15) is 5.10 Å². The molecule has 1 amide bonds. The molecule has 104 valence electrons. The van der Waals surface area contributed by atoms with Gasteiger partial charge in [-0.25, -0.2) is 4.68 Å². The van der Waals surface area contributed by atoms with E-state index in [1.807, 2.05) is 0 Å². The number of rotatable bonds is 5. The molecule has 0 saturated carbocycles. The van der Waals surface area contributed by atoms with E-state index in [9.17, 15) is 9.59 Å². The summed E-state index contributed by atoms with van der Waals surface area (Å²) in [6.07, 6.45) is 4.62. The van der Waals surface area contributed by atoms with Crippen molar-refractivity contribution < 1.29 is 9.21 Å². The molecule has 0 fully saturated rings. The predicted molar refractivity (Wildman–Crippen MR) is 74.0 cm³/mol. The first-order valence-electron chi connectivity index (χ1n) is 6.23. The zero-order valence-corrected chi connectivity index (χ0v) is 11.1. The van der Waals surface area contributed by atoms with Gasteiger partial charge in [0, 0.05) is 12.6 Å². The van der Waals surface area contributed by atoms with E-state index in [4.69, 9.17) is 4.42 Å². The van der Waals surface area contributed by atoms with Crippen LogP contribution in [0.25, 0.3) is 11.5 Å². The molecule has 0 aliphatic rings. The molecule has 6 heteroatoms. The lowest BCUT2D eigenvalue weighted by Crippen LogP contribution is -2.31. The van der Waals surface area contributed by atoms with E-state index in [2.05, 4.69) is 10.4 Å². The van der Waals surface area contributed by atoms with E-state index in [0.29, 0.717) is 24.5 Å². The summed E-state index contributed by atoms with van der Waals surface area (Å²) in [4.78, 5) is 22.9. The van der Waals surface area contributed by atoms with Crippen molar-refractivity contribution in [2.45, 2.75) is 13.5 Å². The summed E-state index contributed by atoms with van der Waals surface area (Å²) in [5.74, 6) is 0.402. The van der Waals surface area contributed by atoms with Gasteiger partial charge in [0.25, 0.3) is 5.56 Å². The Kier molecular flexibility index (Phi) is 4.49. The number of amides is 1. The summed E-state index contributed by atoms with van der Waals surface area (Å²) in [6, 6.07) is 6.56. The van der Waals surface area contributed by atoms with Crippen LogP contribution < -0.4 is 10.9 Å². The zero-order valence-electron chi connectivity index (χ0n) is 11.1. The lowest BCUT2D eigenvalue weighted by molar-refractivity contribution is -0.116. The maximum Gasteiger partial charge on any atom is 0.266 e. The van der Waals surface area contributed by atoms with Crippen LogP contribution in [-0.4, -0.2) is 22.2 Å². The molecule has 0 unspecified atom stereocenters. The number of hydrogen-bond acceptors (Lipinski definition) is 4. The summed E-state index contributed by atoms with van der Waals surface area (Å²) in [7, 11) is 0. The number of carbonyl (C=O) groups excluding carboxylic acids is 1. The van der Waals surface area contributed by atoms with Gasteiger partial charge >= 0.3 is 0 Å². The number of nitrogens with one attached hydrogen (secondary N) is 1. The fraction of sp³-hybridized carbons (Fsp3) is 0.214. The molecular formula is C14H15N3O3. The second kappa shape index (κ2) is 6.51. The van der Waals surface area contributed by atoms with Gasteiger partial charge in [0.2, 0.25) is 5.91 Å². The molecule has 0 aliphatic heterocycles. The Bertz CT molecular complexity index is 657. The van der Waals surface area contributed by atoms with Gasteiger partial charge in [0.05, 0.1) is 12.8 Å². The van der Waals surface area contributed by atoms with Gasteiger partial charge in [-0.1, -0.05) is 6.08 Å². The van der Waals surface area contributed by atoms with Crippen LogP contribution in [0.2, 0.25) is 0 Å². The van der Waals surface area contributed by atoms with E-state index in [-0.39, 0.29) is 11.5 Å². The Morgan fingerprint density at radius 3 is 3.00 bits per heavy atom. The first-order chi connectivity index (χ1) is 9.70. The average molecular weight is 273 g/mol. The summed E-state index contributed by atoms with van der Waals surface area (Å²) in [5.41, 5.74) is 0.356. The minimum absolute atomic E-state index is 0.192. The quantitative estimate of drug-likeness (QED) is 0.830. The predicted octanol–water partition coefficient (Wildman–Crippen LogP) is 1.20. The normalized spacial score (nSPS) is 10.8. The number of aromatic nitrogens is 2. The molecule has 2 aromatic heterocycles. The highest BCUT2D eigenvalue weighted by Crippen LogP contribution is 2.14. The summed E-state index contributed by atoms with van der Waals surface area (Å²) in [6.45, 7) is 2.40. The summed E-state index contributed by atoms with van der Waals surface area (Å²) in [5, 5.41) is 6.86. The van der Waals surface area contributed by atoms with Crippen LogP contribution in [0, 0.1) is 0 Å². The van der Waals surface area contributed by atoms with E-state index in [0.717, 1.165) is 0 Å². The molecule has 2 aromatic rings. The molecule has 2 rings (SSSR count). The van der Waals surface area contributed by atoms with Gasteiger partial charge in [-0.3, -0.25) is 9.59 Å². The van der Waals surface area contributed by atoms with Crippen LogP contribution in [-0.2, 0) is 11.3 Å². The van der Waals surface area contributed by atoms with E-state index < -0.39 is 0 Å². The van der Waals surface area contributed by atoms with Crippen molar-refractivity contribution >= 4 is 5.91 Å². The molecule has 0 spiro atoms. The highest BCUT2D eigenvalue weighted by molar-refractivity contribution is 5.87. The van der Waals surface area contributed by atoms with E-state index >= 15 is 0 Å². The van der Waals surface area contributed by atoms with Crippen molar-refractivity contribution in [1.29, 1.82) is 0 Å². The first-order valence-corrected chi connectivity index (χ1v) is 6.23. The Morgan fingerprint density at radius 1 is 1.45 bits per heavy atom. The Labute approximate surface area is 115 Å². The third kappa shape index (κ3) is 3.44. The molecule has 0 bridgehead atoms. The number of nitrogens with zero attached hydrogens (tertiary/aromatic N) is 2.